The number of hydrogen-bond donors (Lipinski definition) is 2. The van der Waals surface area contributed by atoms with Gasteiger partial charge in [0.25, 0.3) is 0 Å². The quantitative estimate of drug-likeness (QED) is 0.599. The lowest BCUT2D eigenvalue weighted by Gasteiger charge is -2.11. The molecule has 4 nitrogen and oxygen atoms in total. The summed E-state index contributed by atoms with van der Waals surface area (Å²) in [6.45, 7) is 9.10. The molecule has 0 spiro atoms. The van der Waals surface area contributed by atoms with Gasteiger partial charge in [-0.2, -0.15) is 5.10 Å². The van der Waals surface area contributed by atoms with Gasteiger partial charge in [0.2, 0.25) is 0 Å². The van der Waals surface area contributed by atoms with Crippen LogP contribution in [-0.2, 0) is 6.54 Å². The third kappa shape index (κ3) is 6.26. The SMILES string of the molecule is Cc1cnn(CCCNC(=S)NCC(C)C)c1. The fourth-order valence-electron chi connectivity index (χ4n) is 1.39. The van der Waals surface area contributed by atoms with E-state index in [1.807, 2.05) is 17.8 Å². The molecule has 0 aromatic carbocycles. The van der Waals surface area contributed by atoms with Crippen molar-refractivity contribution in [2.24, 2.45) is 5.92 Å². The molecule has 5 heteroatoms. The summed E-state index contributed by atoms with van der Waals surface area (Å²) in [7, 11) is 0. The van der Waals surface area contributed by atoms with Gasteiger partial charge in [0, 0.05) is 25.8 Å². The first kappa shape index (κ1) is 14.0. The van der Waals surface area contributed by atoms with Gasteiger partial charge >= 0.3 is 0 Å². The van der Waals surface area contributed by atoms with E-state index in [1.165, 1.54) is 5.56 Å². The predicted octanol–water partition coefficient (Wildman–Crippen LogP) is 1.70. The molecule has 0 bridgehead atoms. The normalized spacial score (nSPS) is 10.6. The molecular weight excluding hydrogens is 232 g/mol. The van der Waals surface area contributed by atoms with Crippen LogP contribution in [0, 0.1) is 12.8 Å². The average Bonchev–Trinajstić information content (AvgIpc) is 2.68. The van der Waals surface area contributed by atoms with Crippen molar-refractivity contribution >= 4 is 17.3 Å². The molecule has 96 valence electrons. The molecule has 0 aliphatic heterocycles. The lowest BCUT2D eigenvalue weighted by Crippen LogP contribution is -2.37. The minimum Gasteiger partial charge on any atom is -0.363 e. The van der Waals surface area contributed by atoms with Gasteiger partial charge in [-0.15, -0.1) is 0 Å². The Labute approximate surface area is 109 Å². The van der Waals surface area contributed by atoms with Crippen LogP contribution in [0.1, 0.15) is 25.8 Å². The zero-order valence-electron chi connectivity index (χ0n) is 10.9. The van der Waals surface area contributed by atoms with E-state index in [2.05, 4.69) is 35.8 Å². The lowest BCUT2D eigenvalue weighted by atomic mass is 10.2. The fraction of sp³-hybridized carbons (Fsp3) is 0.667. The molecule has 1 aromatic rings. The number of rotatable bonds is 6. The number of thiocarbonyl (C=S) groups is 1. The molecule has 1 aromatic heterocycles. The third-order valence-electron chi connectivity index (χ3n) is 2.28. The van der Waals surface area contributed by atoms with Crippen molar-refractivity contribution < 1.29 is 0 Å². The van der Waals surface area contributed by atoms with Crippen molar-refractivity contribution in [3.8, 4) is 0 Å². The maximum Gasteiger partial charge on any atom is 0.166 e. The van der Waals surface area contributed by atoms with Crippen molar-refractivity contribution in [2.75, 3.05) is 13.1 Å². The third-order valence-corrected chi connectivity index (χ3v) is 2.57. The van der Waals surface area contributed by atoms with E-state index in [9.17, 15) is 0 Å². The summed E-state index contributed by atoms with van der Waals surface area (Å²) in [6.07, 6.45) is 4.95. The molecule has 0 amide bonds. The first-order valence-corrected chi connectivity index (χ1v) is 6.49. The second kappa shape index (κ2) is 7.27. The summed E-state index contributed by atoms with van der Waals surface area (Å²) < 4.78 is 1.96. The molecule has 0 aliphatic carbocycles. The van der Waals surface area contributed by atoms with Crippen molar-refractivity contribution in [3.63, 3.8) is 0 Å². The lowest BCUT2D eigenvalue weighted by molar-refractivity contribution is 0.567. The zero-order chi connectivity index (χ0) is 12.7. The molecule has 0 atom stereocenters. The maximum atomic E-state index is 5.16. The maximum absolute atomic E-state index is 5.16. The van der Waals surface area contributed by atoms with Crippen LogP contribution in [0.15, 0.2) is 12.4 Å². The van der Waals surface area contributed by atoms with Crippen molar-refractivity contribution in [1.82, 2.24) is 20.4 Å². The second-order valence-corrected chi connectivity index (χ2v) is 5.07. The van der Waals surface area contributed by atoms with Crippen molar-refractivity contribution in [2.45, 2.75) is 33.7 Å². The van der Waals surface area contributed by atoms with Gasteiger partial charge < -0.3 is 10.6 Å². The molecule has 0 saturated carbocycles. The summed E-state index contributed by atoms with van der Waals surface area (Å²) in [5, 5.41) is 11.4. The summed E-state index contributed by atoms with van der Waals surface area (Å²) in [5.74, 6) is 0.613. The van der Waals surface area contributed by atoms with Gasteiger partial charge in [-0.25, -0.2) is 0 Å². The van der Waals surface area contributed by atoms with Crippen LogP contribution in [0.25, 0.3) is 0 Å². The van der Waals surface area contributed by atoms with Gasteiger partial charge in [-0.3, -0.25) is 4.68 Å². The standard InChI is InChI=1S/C12H22N4S/c1-10(2)7-14-12(17)13-5-4-6-16-9-11(3)8-15-16/h8-10H,4-7H2,1-3H3,(H2,13,14,17). The molecule has 1 rings (SSSR count). The van der Waals surface area contributed by atoms with Crippen LogP contribution in [0.4, 0.5) is 0 Å². The van der Waals surface area contributed by atoms with Gasteiger partial charge in [0.1, 0.15) is 0 Å². The molecule has 0 unspecified atom stereocenters. The van der Waals surface area contributed by atoms with Crippen LogP contribution in [0.3, 0.4) is 0 Å². The zero-order valence-corrected chi connectivity index (χ0v) is 11.7. The number of aryl methyl sites for hydroxylation is 2. The predicted molar refractivity (Wildman–Crippen MR) is 75.0 cm³/mol. The molecule has 0 fully saturated rings. The molecule has 2 N–H and O–H groups in total. The topological polar surface area (TPSA) is 41.9 Å². The number of hydrogen-bond acceptors (Lipinski definition) is 2. The van der Waals surface area contributed by atoms with Gasteiger partial charge in [-0.1, -0.05) is 13.8 Å². The highest BCUT2D eigenvalue weighted by atomic mass is 32.1. The Morgan fingerprint density at radius 2 is 2.24 bits per heavy atom. The first-order chi connectivity index (χ1) is 8.08. The van der Waals surface area contributed by atoms with Gasteiger partial charge in [0.05, 0.1) is 6.20 Å². The van der Waals surface area contributed by atoms with E-state index in [4.69, 9.17) is 12.2 Å². The molecule has 0 saturated heterocycles. The average molecular weight is 254 g/mol. The van der Waals surface area contributed by atoms with E-state index in [0.717, 1.165) is 31.2 Å². The van der Waals surface area contributed by atoms with E-state index in [1.54, 1.807) is 0 Å². The Morgan fingerprint density at radius 3 is 2.82 bits per heavy atom. The van der Waals surface area contributed by atoms with Gasteiger partial charge in [0.15, 0.2) is 5.11 Å². The van der Waals surface area contributed by atoms with E-state index in [0.29, 0.717) is 5.92 Å². The van der Waals surface area contributed by atoms with Crippen molar-refractivity contribution in [1.29, 1.82) is 0 Å². The van der Waals surface area contributed by atoms with Crippen LogP contribution < -0.4 is 10.6 Å². The summed E-state index contributed by atoms with van der Waals surface area (Å²) in [6, 6.07) is 0. The molecule has 0 aliphatic rings. The Kier molecular flexibility index (Phi) is 5.97. The number of aromatic nitrogens is 2. The number of nitrogens with one attached hydrogen (secondary N) is 2. The Balaban J connectivity index is 2.06. The van der Waals surface area contributed by atoms with Crippen LogP contribution in [-0.4, -0.2) is 28.0 Å². The Morgan fingerprint density at radius 1 is 1.47 bits per heavy atom. The number of nitrogens with zero attached hydrogens (tertiary/aromatic N) is 2. The minimum atomic E-state index is 0.613. The monoisotopic (exact) mass is 254 g/mol. The van der Waals surface area contributed by atoms with Crippen LogP contribution >= 0.6 is 12.2 Å². The molecule has 0 radical (unpaired) electrons. The van der Waals surface area contributed by atoms with Crippen LogP contribution in [0.2, 0.25) is 0 Å². The molecule has 17 heavy (non-hydrogen) atoms. The highest BCUT2D eigenvalue weighted by molar-refractivity contribution is 7.80. The Hall–Kier alpha value is -1.10. The minimum absolute atomic E-state index is 0.613. The summed E-state index contributed by atoms with van der Waals surface area (Å²) >= 11 is 5.16. The highest BCUT2D eigenvalue weighted by Gasteiger charge is 1.98. The van der Waals surface area contributed by atoms with E-state index >= 15 is 0 Å². The van der Waals surface area contributed by atoms with Crippen LogP contribution in [0.5, 0.6) is 0 Å². The second-order valence-electron chi connectivity index (χ2n) is 4.66. The van der Waals surface area contributed by atoms with E-state index in [-0.39, 0.29) is 0 Å². The summed E-state index contributed by atoms with van der Waals surface area (Å²) in [5.41, 5.74) is 1.20. The van der Waals surface area contributed by atoms with Gasteiger partial charge in [-0.05, 0) is 37.0 Å². The molecular formula is C12H22N4S. The largest absolute Gasteiger partial charge is 0.363 e. The summed E-state index contributed by atoms with van der Waals surface area (Å²) in [4.78, 5) is 0. The van der Waals surface area contributed by atoms with E-state index < -0.39 is 0 Å². The van der Waals surface area contributed by atoms with Crippen molar-refractivity contribution in [3.05, 3.63) is 18.0 Å². The fourth-order valence-corrected chi connectivity index (χ4v) is 1.58. The highest BCUT2D eigenvalue weighted by Crippen LogP contribution is 1.95. The first-order valence-electron chi connectivity index (χ1n) is 6.08. The molecule has 1 heterocycles. The smallest absolute Gasteiger partial charge is 0.166 e. The Bertz CT molecular complexity index is 346.